The van der Waals surface area contributed by atoms with Crippen molar-refractivity contribution in [3.8, 4) is 22.2 Å². The molecule has 172 valence electrons. The third kappa shape index (κ3) is 4.43. The first-order chi connectivity index (χ1) is 17.2. The molecule has 3 heterocycles. The summed E-state index contributed by atoms with van der Waals surface area (Å²) < 4.78 is 13.2. The monoisotopic (exact) mass is 479 g/mol. The van der Waals surface area contributed by atoms with Gasteiger partial charge in [0.1, 0.15) is 24.7 Å². The highest BCUT2D eigenvalue weighted by Crippen LogP contribution is 2.38. The lowest BCUT2D eigenvalue weighted by Crippen LogP contribution is -1.99. The molecule has 35 heavy (non-hydrogen) atoms. The van der Waals surface area contributed by atoms with Crippen LogP contribution in [0.5, 0.6) is 11.5 Å². The summed E-state index contributed by atoms with van der Waals surface area (Å²) in [5, 5.41) is 16.7. The molecule has 0 saturated carbocycles. The van der Waals surface area contributed by atoms with Crippen molar-refractivity contribution in [2.24, 2.45) is 0 Å². The number of benzene rings is 3. The lowest BCUT2D eigenvalue weighted by Gasteiger charge is -2.09. The van der Waals surface area contributed by atoms with E-state index in [2.05, 4.69) is 56.8 Å². The van der Waals surface area contributed by atoms with Gasteiger partial charge in [-0.2, -0.15) is 5.21 Å². The first-order valence-electron chi connectivity index (χ1n) is 11.2. The van der Waals surface area contributed by atoms with Crippen molar-refractivity contribution in [3.05, 3.63) is 95.7 Å². The lowest BCUT2D eigenvalue weighted by atomic mass is 10.1. The molecule has 0 saturated heterocycles. The van der Waals surface area contributed by atoms with E-state index in [4.69, 9.17) is 9.47 Å². The molecule has 0 atom stereocenters. The van der Waals surface area contributed by atoms with Gasteiger partial charge in [0.25, 0.3) is 0 Å². The average Bonchev–Trinajstić information content (AvgIpc) is 3.55. The van der Waals surface area contributed by atoms with E-state index in [0.717, 1.165) is 54.2 Å². The predicted octanol–water partition coefficient (Wildman–Crippen LogP) is 6.10. The van der Waals surface area contributed by atoms with Crippen LogP contribution in [0, 0.1) is 6.92 Å². The molecule has 0 amide bonds. The third-order valence-electron chi connectivity index (χ3n) is 5.83. The molecule has 7 nitrogen and oxygen atoms in total. The second-order valence-electron chi connectivity index (χ2n) is 8.17. The molecule has 6 rings (SSSR count). The molecule has 0 unspecified atom stereocenters. The topological polar surface area (TPSA) is 85.8 Å². The number of hydrogen-bond acceptors (Lipinski definition) is 7. The second-order valence-corrected chi connectivity index (χ2v) is 9.22. The minimum Gasteiger partial charge on any atom is -0.489 e. The van der Waals surface area contributed by atoms with Crippen molar-refractivity contribution >= 4 is 32.3 Å². The number of para-hydroxylation sites is 1. The summed E-state index contributed by atoms with van der Waals surface area (Å²) in [6.07, 6.45) is 0. The Kier molecular flexibility index (Phi) is 5.56. The number of rotatable bonds is 7. The highest BCUT2D eigenvalue weighted by molar-refractivity contribution is 7.22. The van der Waals surface area contributed by atoms with Gasteiger partial charge >= 0.3 is 0 Å². The van der Waals surface area contributed by atoms with Crippen LogP contribution in [0.25, 0.3) is 31.7 Å². The number of nitrogens with one attached hydrogen (secondary N) is 1. The van der Waals surface area contributed by atoms with Crippen LogP contribution in [-0.4, -0.2) is 25.6 Å². The van der Waals surface area contributed by atoms with Crippen LogP contribution in [0.3, 0.4) is 0 Å². The summed E-state index contributed by atoms with van der Waals surface area (Å²) in [6.45, 7) is 2.96. The Bertz CT molecular complexity index is 1610. The van der Waals surface area contributed by atoms with Gasteiger partial charge in [-0.1, -0.05) is 36.4 Å². The Morgan fingerprint density at radius 2 is 1.69 bits per heavy atom. The standard InChI is InChI=1S/C27H21N5O2S/c1-17-23-14-22(12-13-25(23)35-26(17)27-29-31-32-30-27)33-15-18-6-10-21(11-7-18)34-16-20-9-8-19-4-2-3-5-24(19)28-20/h2-14H,15-16H2,1H3,(H,29,30,31,32). The summed E-state index contributed by atoms with van der Waals surface area (Å²) in [5.74, 6) is 2.23. The number of tetrazole rings is 1. The normalized spacial score (nSPS) is 11.2. The SMILES string of the molecule is Cc1c(-c2nn[nH]n2)sc2ccc(OCc3ccc(OCc4ccc5ccccc5n4)cc3)cc12. The van der Waals surface area contributed by atoms with E-state index in [1.54, 1.807) is 11.3 Å². The Labute approximate surface area is 205 Å². The molecule has 0 fully saturated rings. The van der Waals surface area contributed by atoms with Gasteiger partial charge in [-0.05, 0) is 71.1 Å². The Morgan fingerprint density at radius 3 is 2.54 bits per heavy atom. The number of ether oxygens (including phenoxy) is 2. The van der Waals surface area contributed by atoms with Gasteiger partial charge in [-0.25, -0.2) is 4.98 Å². The highest BCUT2D eigenvalue weighted by Gasteiger charge is 2.14. The fourth-order valence-electron chi connectivity index (χ4n) is 3.96. The summed E-state index contributed by atoms with van der Waals surface area (Å²) in [6, 6.07) is 26.2. The summed E-state index contributed by atoms with van der Waals surface area (Å²) in [7, 11) is 0. The van der Waals surface area contributed by atoms with E-state index in [9.17, 15) is 0 Å². The van der Waals surface area contributed by atoms with Gasteiger partial charge in [0, 0.05) is 10.1 Å². The number of H-pyrrole nitrogens is 1. The van der Waals surface area contributed by atoms with Crippen molar-refractivity contribution in [3.63, 3.8) is 0 Å². The molecular weight excluding hydrogens is 458 g/mol. The second kappa shape index (κ2) is 9.15. The first kappa shape index (κ1) is 21.2. The minimum atomic E-state index is 0.423. The van der Waals surface area contributed by atoms with E-state index < -0.39 is 0 Å². The predicted molar refractivity (Wildman–Crippen MR) is 137 cm³/mol. The van der Waals surface area contributed by atoms with Gasteiger partial charge in [-0.15, -0.1) is 21.5 Å². The Morgan fingerprint density at radius 1 is 0.857 bits per heavy atom. The zero-order chi connectivity index (χ0) is 23.6. The molecule has 0 radical (unpaired) electrons. The van der Waals surface area contributed by atoms with Crippen LogP contribution >= 0.6 is 11.3 Å². The van der Waals surface area contributed by atoms with Crippen LogP contribution in [0.15, 0.2) is 78.9 Å². The van der Waals surface area contributed by atoms with E-state index in [1.165, 1.54) is 0 Å². The summed E-state index contributed by atoms with van der Waals surface area (Å²) in [5.41, 5.74) is 4.07. The molecule has 8 heteroatoms. The van der Waals surface area contributed by atoms with Crippen molar-refractivity contribution in [2.75, 3.05) is 0 Å². The number of aryl methyl sites for hydroxylation is 1. The number of aromatic amines is 1. The fourth-order valence-corrected chi connectivity index (χ4v) is 5.07. The zero-order valence-corrected chi connectivity index (χ0v) is 19.7. The van der Waals surface area contributed by atoms with E-state index in [1.807, 2.05) is 54.6 Å². The molecule has 1 N–H and O–H groups in total. The number of aromatic nitrogens is 5. The van der Waals surface area contributed by atoms with Crippen molar-refractivity contribution < 1.29 is 9.47 Å². The highest BCUT2D eigenvalue weighted by atomic mass is 32.1. The Balaban J connectivity index is 1.09. The number of nitrogens with zero attached hydrogens (tertiary/aromatic N) is 4. The van der Waals surface area contributed by atoms with Gasteiger partial charge < -0.3 is 9.47 Å². The van der Waals surface area contributed by atoms with Crippen molar-refractivity contribution in [2.45, 2.75) is 20.1 Å². The summed E-state index contributed by atoms with van der Waals surface area (Å²) in [4.78, 5) is 5.67. The van der Waals surface area contributed by atoms with Crippen LogP contribution in [0.1, 0.15) is 16.8 Å². The van der Waals surface area contributed by atoms with Crippen molar-refractivity contribution in [1.29, 1.82) is 0 Å². The Hall–Kier alpha value is -4.30. The van der Waals surface area contributed by atoms with E-state index >= 15 is 0 Å². The zero-order valence-electron chi connectivity index (χ0n) is 18.9. The van der Waals surface area contributed by atoms with Gasteiger partial charge in [0.2, 0.25) is 5.82 Å². The van der Waals surface area contributed by atoms with Gasteiger partial charge in [-0.3, -0.25) is 0 Å². The number of fused-ring (bicyclic) bond motifs is 2. The number of pyridine rings is 1. The smallest absolute Gasteiger partial charge is 0.214 e. The quantitative estimate of drug-likeness (QED) is 0.298. The molecule has 0 bridgehead atoms. The van der Waals surface area contributed by atoms with E-state index in [0.29, 0.717) is 19.0 Å². The molecule has 0 aliphatic heterocycles. The largest absolute Gasteiger partial charge is 0.489 e. The lowest BCUT2D eigenvalue weighted by molar-refractivity contribution is 0.298. The molecular formula is C27H21N5O2S. The summed E-state index contributed by atoms with van der Waals surface area (Å²) >= 11 is 1.65. The van der Waals surface area contributed by atoms with Crippen LogP contribution in [-0.2, 0) is 13.2 Å². The first-order valence-corrected chi connectivity index (χ1v) is 12.0. The minimum absolute atomic E-state index is 0.423. The molecule has 6 aromatic rings. The molecule has 0 aliphatic carbocycles. The maximum atomic E-state index is 6.07. The number of hydrogen-bond donors (Lipinski definition) is 1. The maximum Gasteiger partial charge on any atom is 0.214 e. The average molecular weight is 480 g/mol. The van der Waals surface area contributed by atoms with Gasteiger partial charge in [0.05, 0.1) is 16.1 Å². The molecule has 3 aromatic carbocycles. The van der Waals surface area contributed by atoms with Crippen LogP contribution in [0.4, 0.5) is 0 Å². The molecule has 0 aliphatic rings. The van der Waals surface area contributed by atoms with E-state index in [-0.39, 0.29) is 0 Å². The van der Waals surface area contributed by atoms with Crippen LogP contribution < -0.4 is 9.47 Å². The maximum absolute atomic E-state index is 6.07. The fraction of sp³-hybridized carbons (Fsp3) is 0.111. The third-order valence-corrected chi connectivity index (χ3v) is 7.10. The van der Waals surface area contributed by atoms with Crippen LogP contribution in [0.2, 0.25) is 0 Å². The molecule has 0 spiro atoms. The molecule has 3 aromatic heterocycles. The number of thiophene rings is 1. The van der Waals surface area contributed by atoms with Crippen molar-refractivity contribution in [1.82, 2.24) is 25.6 Å². The van der Waals surface area contributed by atoms with Gasteiger partial charge in [0.15, 0.2) is 0 Å².